The van der Waals surface area contributed by atoms with Crippen LogP contribution in [0.1, 0.15) is 39.5 Å². The molecule has 0 aromatic carbocycles. The van der Waals surface area contributed by atoms with Crippen LogP contribution in [-0.2, 0) is 9.53 Å². The highest BCUT2D eigenvalue weighted by atomic mass is 16.5. The molecule has 1 heterocycles. The minimum Gasteiger partial charge on any atom is -0.480 e. The number of urea groups is 1. The molecule has 6 nitrogen and oxygen atoms in total. The topological polar surface area (TPSA) is 78.9 Å². The van der Waals surface area contributed by atoms with E-state index in [0.717, 1.165) is 19.3 Å². The molecule has 116 valence electrons. The molecule has 1 aliphatic heterocycles. The molecule has 2 atom stereocenters. The Bertz CT molecular complexity index is 322. The van der Waals surface area contributed by atoms with E-state index < -0.39 is 12.0 Å². The predicted octanol–water partition coefficient (Wildman–Crippen LogP) is 1.70. The summed E-state index contributed by atoms with van der Waals surface area (Å²) in [5, 5.41) is 11.9. The number of rotatable bonds is 7. The molecular formula is C14H26N2O4. The number of aliphatic carboxylic acids is 1. The van der Waals surface area contributed by atoms with Crippen molar-refractivity contribution in [3.8, 4) is 0 Å². The van der Waals surface area contributed by atoms with Crippen molar-refractivity contribution in [1.82, 2.24) is 10.2 Å². The molecule has 1 saturated heterocycles. The number of likely N-dealkylation sites (tertiary alicyclic amines) is 1. The number of amides is 2. The molecule has 0 saturated carbocycles. The molecule has 0 bridgehead atoms. The zero-order valence-corrected chi connectivity index (χ0v) is 12.4. The van der Waals surface area contributed by atoms with Crippen molar-refractivity contribution < 1.29 is 19.4 Å². The Balaban J connectivity index is 2.31. The van der Waals surface area contributed by atoms with Crippen LogP contribution in [0.3, 0.4) is 0 Å². The van der Waals surface area contributed by atoms with E-state index in [1.165, 1.54) is 4.90 Å². The van der Waals surface area contributed by atoms with E-state index in [4.69, 9.17) is 4.74 Å². The second-order valence-corrected chi connectivity index (χ2v) is 5.37. The summed E-state index contributed by atoms with van der Waals surface area (Å²) in [5.74, 6) is -0.580. The average molecular weight is 286 g/mol. The van der Waals surface area contributed by atoms with E-state index in [1.807, 2.05) is 6.92 Å². The maximum Gasteiger partial charge on any atom is 0.326 e. The van der Waals surface area contributed by atoms with Gasteiger partial charge >= 0.3 is 12.0 Å². The SMILES string of the molecule is CCCCOCCNC(=O)N1CCC(C)CC1C(=O)O. The van der Waals surface area contributed by atoms with Gasteiger partial charge in [-0.3, -0.25) is 0 Å². The lowest BCUT2D eigenvalue weighted by Gasteiger charge is -2.35. The van der Waals surface area contributed by atoms with E-state index >= 15 is 0 Å². The number of piperidine rings is 1. The van der Waals surface area contributed by atoms with Gasteiger partial charge in [0.2, 0.25) is 0 Å². The van der Waals surface area contributed by atoms with Crippen LogP contribution in [0.15, 0.2) is 0 Å². The van der Waals surface area contributed by atoms with Crippen LogP contribution in [0.25, 0.3) is 0 Å². The van der Waals surface area contributed by atoms with Gasteiger partial charge in [-0.1, -0.05) is 20.3 Å². The third-order valence-electron chi connectivity index (χ3n) is 3.58. The first kappa shape index (κ1) is 16.8. The Morgan fingerprint density at radius 2 is 2.15 bits per heavy atom. The van der Waals surface area contributed by atoms with Gasteiger partial charge in [0.15, 0.2) is 0 Å². The molecule has 2 N–H and O–H groups in total. The predicted molar refractivity (Wildman–Crippen MR) is 75.7 cm³/mol. The highest BCUT2D eigenvalue weighted by Gasteiger charge is 2.34. The Morgan fingerprint density at radius 3 is 2.80 bits per heavy atom. The fraction of sp³-hybridized carbons (Fsp3) is 0.857. The van der Waals surface area contributed by atoms with E-state index in [-0.39, 0.29) is 6.03 Å². The van der Waals surface area contributed by atoms with Crippen molar-refractivity contribution in [3.05, 3.63) is 0 Å². The second-order valence-electron chi connectivity index (χ2n) is 5.37. The number of unbranched alkanes of at least 4 members (excludes halogenated alkanes) is 1. The third-order valence-corrected chi connectivity index (χ3v) is 3.58. The summed E-state index contributed by atoms with van der Waals surface area (Å²) < 4.78 is 5.35. The summed E-state index contributed by atoms with van der Waals surface area (Å²) in [4.78, 5) is 24.6. The molecule has 0 aliphatic carbocycles. The summed E-state index contributed by atoms with van der Waals surface area (Å²) in [7, 11) is 0. The number of carboxylic acids is 1. The number of nitrogens with zero attached hydrogens (tertiary/aromatic N) is 1. The van der Waals surface area contributed by atoms with Crippen LogP contribution in [0, 0.1) is 5.92 Å². The molecule has 1 rings (SSSR count). The van der Waals surface area contributed by atoms with Crippen LogP contribution in [-0.4, -0.2) is 54.4 Å². The molecule has 2 unspecified atom stereocenters. The van der Waals surface area contributed by atoms with Crippen molar-refractivity contribution in [3.63, 3.8) is 0 Å². The summed E-state index contributed by atoms with van der Waals surface area (Å²) in [5.41, 5.74) is 0. The van der Waals surface area contributed by atoms with Crippen LogP contribution < -0.4 is 5.32 Å². The van der Waals surface area contributed by atoms with Gasteiger partial charge in [-0.2, -0.15) is 0 Å². The molecule has 0 radical (unpaired) electrons. The van der Waals surface area contributed by atoms with Gasteiger partial charge in [0.1, 0.15) is 6.04 Å². The van der Waals surface area contributed by atoms with Crippen LogP contribution >= 0.6 is 0 Å². The molecular weight excluding hydrogens is 260 g/mol. The molecule has 0 spiro atoms. The van der Waals surface area contributed by atoms with Crippen LogP contribution in [0.4, 0.5) is 4.79 Å². The monoisotopic (exact) mass is 286 g/mol. The normalized spacial score (nSPS) is 22.6. The first-order chi connectivity index (χ1) is 9.56. The number of hydrogen-bond acceptors (Lipinski definition) is 3. The van der Waals surface area contributed by atoms with Gasteiger partial charge in [0, 0.05) is 19.7 Å². The van der Waals surface area contributed by atoms with Crippen molar-refractivity contribution in [2.75, 3.05) is 26.3 Å². The lowest BCUT2D eigenvalue weighted by atomic mass is 9.93. The van der Waals surface area contributed by atoms with Crippen molar-refractivity contribution in [2.24, 2.45) is 5.92 Å². The fourth-order valence-electron chi connectivity index (χ4n) is 2.30. The highest BCUT2D eigenvalue weighted by Crippen LogP contribution is 2.22. The number of nitrogens with one attached hydrogen (secondary N) is 1. The first-order valence-corrected chi connectivity index (χ1v) is 7.41. The molecule has 6 heteroatoms. The zero-order chi connectivity index (χ0) is 15.0. The smallest absolute Gasteiger partial charge is 0.326 e. The van der Waals surface area contributed by atoms with Gasteiger partial charge in [0.05, 0.1) is 6.61 Å². The van der Waals surface area contributed by atoms with Gasteiger partial charge in [-0.15, -0.1) is 0 Å². The van der Waals surface area contributed by atoms with E-state index in [0.29, 0.717) is 38.6 Å². The number of carboxylic acid groups (broad SMARTS) is 1. The van der Waals surface area contributed by atoms with E-state index in [1.54, 1.807) is 0 Å². The minimum atomic E-state index is -0.925. The summed E-state index contributed by atoms with van der Waals surface area (Å²) in [6.45, 7) is 6.20. The van der Waals surface area contributed by atoms with E-state index in [2.05, 4.69) is 12.2 Å². The lowest BCUT2D eigenvalue weighted by Crippen LogP contribution is -2.53. The zero-order valence-electron chi connectivity index (χ0n) is 12.4. The van der Waals surface area contributed by atoms with Gasteiger partial charge in [-0.05, 0) is 25.2 Å². The lowest BCUT2D eigenvalue weighted by molar-refractivity contribution is -0.143. The summed E-state index contributed by atoms with van der Waals surface area (Å²) >= 11 is 0. The number of hydrogen-bond donors (Lipinski definition) is 2. The standard InChI is InChI=1S/C14H26N2O4/c1-3-4-8-20-9-6-15-14(19)16-7-5-11(2)10-12(16)13(17)18/h11-12H,3-10H2,1-2H3,(H,15,19)(H,17,18). The summed E-state index contributed by atoms with van der Waals surface area (Å²) in [6.07, 6.45) is 3.47. The molecule has 0 aromatic rings. The van der Waals surface area contributed by atoms with Crippen molar-refractivity contribution in [1.29, 1.82) is 0 Å². The molecule has 1 fully saturated rings. The largest absolute Gasteiger partial charge is 0.480 e. The molecule has 0 aromatic heterocycles. The summed E-state index contributed by atoms with van der Waals surface area (Å²) in [6, 6.07) is -1.01. The Hall–Kier alpha value is -1.30. The van der Waals surface area contributed by atoms with Crippen molar-refractivity contribution in [2.45, 2.75) is 45.6 Å². The maximum atomic E-state index is 12.0. The second kappa shape index (κ2) is 8.79. The van der Waals surface area contributed by atoms with Gasteiger partial charge < -0.3 is 20.1 Å². The number of ether oxygens (including phenoxy) is 1. The van der Waals surface area contributed by atoms with Crippen LogP contribution in [0.5, 0.6) is 0 Å². The Morgan fingerprint density at radius 1 is 1.40 bits per heavy atom. The van der Waals surface area contributed by atoms with E-state index in [9.17, 15) is 14.7 Å². The Kier molecular flexibility index (Phi) is 7.36. The van der Waals surface area contributed by atoms with Crippen LogP contribution in [0.2, 0.25) is 0 Å². The average Bonchev–Trinajstić information content (AvgIpc) is 2.42. The Labute approximate surface area is 120 Å². The quantitative estimate of drug-likeness (QED) is 0.698. The first-order valence-electron chi connectivity index (χ1n) is 7.41. The minimum absolute atomic E-state index is 0.302. The molecule has 20 heavy (non-hydrogen) atoms. The molecule has 1 aliphatic rings. The fourth-order valence-corrected chi connectivity index (χ4v) is 2.30. The number of carbonyl (C=O) groups is 2. The highest BCUT2D eigenvalue weighted by molar-refractivity contribution is 5.82. The molecule has 2 amide bonds. The third kappa shape index (κ3) is 5.36. The van der Waals surface area contributed by atoms with Gasteiger partial charge in [-0.25, -0.2) is 9.59 Å². The maximum absolute atomic E-state index is 12.0. The van der Waals surface area contributed by atoms with Gasteiger partial charge in [0.25, 0.3) is 0 Å². The van der Waals surface area contributed by atoms with Crippen molar-refractivity contribution >= 4 is 12.0 Å². The number of carbonyl (C=O) groups excluding carboxylic acids is 1.